The van der Waals surface area contributed by atoms with E-state index in [1.54, 1.807) is 0 Å². The van der Waals surface area contributed by atoms with Gasteiger partial charge in [-0.15, -0.1) is 0 Å². The number of rotatable bonds is 40. The molecule has 0 radical (unpaired) electrons. The molecule has 1 unspecified atom stereocenters. The summed E-state index contributed by atoms with van der Waals surface area (Å²) >= 11 is 0. The highest BCUT2D eigenvalue weighted by Gasteiger charge is 2.19. The van der Waals surface area contributed by atoms with Gasteiger partial charge in [0.1, 0.15) is 13.2 Å². The highest BCUT2D eigenvalue weighted by Crippen LogP contribution is 2.14. The molecule has 6 nitrogen and oxygen atoms in total. The number of unbranched alkanes of at least 4 members (excludes halogenated alkanes) is 27. The quantitative estimate of drug-likeness (QED) is 0.0271. The van der Waals surface area contributed by atoms with Crippen LogP contribution in [0.1, 0.15) is 239 Å². The Balaban J connectivity index is 4.15. The summed E-state index contributed by atoms with van der Waals surface area (Å²) in [6.07, 6.45) is 42.3. The summed E-state index contributed by atoms with van der Waals surface area (Å²) < 4.78 is 16.6. The van der Waals surface area contributed by atoms with Gasteiger partial charge in [-0.1, -0.05) is 187 Å². The molecule has 0 spiro atoms. The van der Waals surface area contributed by atoms with Crippen LogP contribution >= 0.6 is 0 Å². The lowest BCUT2D eigenvalue weighted by Crippen LogP contribution is -2.30. The van der Waals surface area contributed by atoms with E-state index in [-0.39, 0.29) is 31.1 Å². The van der Waals surface area contributed by atoms with Crippen molar-refractivity contribution >= 4 is 17.9 Å². The van der Waals surface area contributed by atoms with Gasteiger partial charge >= 0.3 is 17.9 Å². The summed E-state index contributed by atoms with van der Waals surface area (Å²) in [5.41, 5.74) is 0. The predicted octanol–water partition coefficient (Wildman–Crippen LogP) is 13.9. The average Bonchev–Trinajstić information content (AvgIpc) is 3.12. The van der Waals surface area contributed by atoms with Crippen molar-refractivity contribution in [2.24, 2.45) is 0 Å². The van der Waals surface area contributed by atoms with Crippen LogP contribution in [0.25, 0.3) is 0 Å². The number of hydrogen-bond acceptors (Lipinski definition) is 6. The first-order valence-electron chi connectivity index (χ1n) is 22.2. The standard InChI is InChI=1S/C45H84O6/c1-4-7-10-13-15-17-19-20-21-22-23-24-25-26-28-29-32-35-38-44(47)50-41-42(40-49-43(46)37-34-31-12-9-6-3)51-45(48)39-36-33-30-27-18-16-14-11-8-5-2/h21-22,42H,4-20,23-41H2,1-3H3/b22-21-. The van der Waals surface area contributed by atoms with Crippen molar-refractivity contribution in [1.82, 2.24) is 0 Å². The molecule has 0 rings (SSSR count). The number of allylic oxidation sites excluding steroid dienone is 2. The largest absolute Gasteiger partial charge is 0.462 e. The van der Waals surface area contributed by atoms with E-state index in [9.17, 15) is 14.4 Å². The maximum absolute atomic E-state index is 12.6. The van der Waals surface area contributed by atoms with Crippen LogP contribution in [-0.2, 0) is 28.6 Å². The van der Waals surface area contributed by atoms with Gasteiger partial charge in [-0.25, -0.2) is 0 Å². The molecule has 0 aromatic carbocycles. The second kappa shape index (κ2) is 40.9. The molecule has 1 atom stereocenters. The van der Waals surface area contributed by atoms with Crippen LogP contribution in [0.15, 0.2) is 12.2 Å². The van der Waals surface area contributed by atoms with Crippen LogP contribution in [-0.4, -0.2) is 37.2 Å². The van der Waals surface area contributed by atoms with Gasteiger partial charge in [0.2, 0.25) is 0 Å². The second-order valence-corrected chi connectivity index (χ2v) is 15.0. The molecule has 0 aromatic heterocycles. The smallest absolute Gasteiger partial charge is 0.306 e. The lowest BCUT2D eigenvalue weighted by Gasteiger charge is -2.18. The molecule has 0 heterocycles. The predicted molar refractivity (Wildman–Crippen MR) is 215 cm³/mol. The van der Waals surface area contributed by atoms with E-state index in [2.05, 4.69) is 32.9 Å². The number of hydrogen-bond donors (Lipinski definition) is 0. The summed E-state index contributed by atoms with van der Waals surface area (Å²) in [6, 6.07) is 0. The molecule has 0 aliphatic rings. The van der Waals surface area contributed by atoms with Crippen molar-refractivity contribution in [1.29, 1.82) is 0 Å². The van der Waals surface area contributed by atoms with Crippen LogP contribution < -0.4 is 0 Å². The Morgan fingerprint density at radius 1 is 0.373 bits per heavy atom. The summed E-state index contributed by atoms with van der Waals surface area (Å²) in [6.45, 7) is 6.54. The van der Waals surface area contributed by atoms with E-state index >= 15 is 0 Å². The Hall–Kier alpha value is -1.85. The van der Waals surface area contributed by atoms with Crippen molar-refractivity contribution in [2.45, 2.75) is 245 Å². The maximum atomic E-state index is 12.6. The lowest BCUT2D eigenvalue weighted by molar-refractivity contribution is -0.167. The van der Waals surface area contributed by atoms with Crippen molar-refractivity contribution in [2.75, 3.05) is 13.2 Å². The van der Waals surface area contributed by atoms with Gasteiger partial charge in [0.15, 0.2) is 6.10 Å². The minimum Gasteiger partial charge on any atom is -0.462 e. The SMILES string of the molecule is CCCCCCCCC/C=C\CCCCCCCCCC(=O)OCC(COC(=O)CCCCCCC)OC(=O)CCCCCCCCCCCC. The molecule has 6 heteroatoms. The van der Waals surface area contributed by atoms with E-state index in [0.717, 1.165) is 64.2 Å². The Morgan fingerprint density at radius 3 is 0.980 bits per heavy atom. The molecule has 51 heavy (non-hydrogen) atoms. The third-order valence-electron chi connectivity index (χ3n) is 9.77. The first-order chi connectivity index (χ1) is 25.0. The monoisotopic (exact) mass is 721 g/mol. The molecule has 0 aliphatic carbocycles. The van der Waals surface area contributed by atoms with Gasteiger partial charge in [0.05, 0.1) is 0 Å². The Kier molecular flexibility index (Phi) is 39.4. The summed E-state index contributed by atoms with van der Waals surface area (Å²) in [5.74, 6) is -0.883. The normalized spacial score (nSPS) is 12.0. The molecule has 0 saturated carbocycles. The van der Waals surface area contributed by atoms with E-state index in [1.165, 1.54) is 135 Å². The number of carbonyl (C=O) groups is 3. The molecule has 0 bridgehead atoms. The molecule has 300 valence electrons. The Bertz CT molecular complexity index is 794. The molecule has 0 N–H and O–H groups in total. The number of esters is 3. The average molecular weight is 721 g/mol. The first-order valence-corrected chi connectivity index (χ1v) is 22.2. The fourth-order valence-electron chi connectivity index (χ4n) is 6.38. The molecule has 0 saturated heterocycles. The molecule has 0 amide bonds. The molecule has 0 fully saturated rings. The van der Waals surface area contributed by atoms with Crippen LogP contribution in [0.3, 0.4) is 0 Å². The zero-order valence-corrected chi connectivity index (χ0v) is 34.1. The fourth-order valence-corrected chi connectivity index (χ4v) is 6.38. The number of carbonyl (C=O) groups excluding carboxylic acids is 3. The summed E-state index contributed by atoms with van der Waals surface area (Å²) in [7, 11) is 0. The zero-order valence-electron chi connectivity index (χ0n) is 34.1. The van der Waals surface area contributed by atoms with Crippen LogP contribution in [0.5, 0.6) is 0 Å². The van der Waals surface area contributed by atoms with Crippen LogP contribution in [0.4, 0.5) is 0 Å². The van der Waals surface area contributed by atoms with Gasteiger partial charge in [-0.3, -0.25) is 14.4 Å². The molecular formula is C45H84O6. The van der Waals surface area contributed by atoms with Gasteiger partial charge in [-0.05, 0) is 44.9 Å². The van der Waals surface area contributed by atoms with E-state index in [4.69, 9.17) is 14.2 Å². The van der Waals surface area contributed by atoms with Gasteiger partial charge < -0.3 is 14.2 Å². The Labute approximate surface area is 316 Å². The zero-order chi connectivity index (χ0) is 37.3. The summed E-state index contributed by atoms with van der Waals surface area (Å²) in [4.78, 5) is 37.4. The minimum atomic E-state index is -0.760. The van der Waals surface area contributed by atoms with Gasteiger partial charge in [0.25, 0.3) is 0 Å². The van der Waals surface area contributed by atoms with Crippen molar-refractivity contribution < 1.29 is 28.6 Å². The molecular weight excluding hydrogens is 636 g/mol. The van der Waals surface area contributed by atoms with Crippen molar-refractivity contribution in [3.8, 4) is 0 Å². The lowest BCUT2D eigenvalue weighted by atomic mass is 10.1. The first kappa shape index (κ1) is 49.1. The number of ether oxygens (including phenoxy) is 3. The van der Waals surface area contributed by atoms with Crippen molar-refractivity contribution in [3.63, 3.8) is 0 Å². The highest BCUT2D eigenvalue weighted by molar-refractivity contribution is 5.71. The van der Waals surface area contributed by atoms with Crippen molar-refractivity contribution in [3.05, 3.63) is 12.2 Å². The van der Waals surface area contributed by atoms with Crippen LogP contribution in [0, 0.1) is 0 Å². The third kappa shape index (κ3) is 39.2. The van der Waals surface area contributed by atoms with Gasteiger partial charge in [-0.2, -0.15) is 0 Å². The fraction of sp³-hybridized carbons (Fsp3) is 0.889. The molecule has 0 aromatic rings. The topological polar surface area (TPSA) is 78.9 Å². The third-order valence-corrected chi connectivity index (χ3v) is 9.77. The van der Waals surface area contributed by atoms with E-state index in [0.29, 0.717) is 19.3 Å². The van der Waals surface area contributed by atoms with Crippen LogP contribution in [0.2, 0.25) is 0 Å². The summed E-state index contributed by atoms with van der Waals surface area (Å²) in [5, 5.41) is 0. The Morgan fingerprint density at radius 2 is 0.647 bits per heavy atom. The van der Waals surface area contributed by atoms with E-state index < -0.39 is 6.10 Å². The maximum Gasteiger partial charge on any atom is 0.306 e. The van der Waals surface area contributed by atoms with Gasteiger partial charge in [0, 0.05) is 19.3 Å². The van der Waals surface area contributed by atoms with E-state index in [1.807, 2.05) is 0 Å². The minimum absolute atomic E-state index is 0.0696. The second-order valence-electron chi connectivity index (χ2n) is 15.0. The molecule has 0 aliphatic heterocycles. The highest BCUT2D eigenvalue weighted by atomic mass is 16.6.